The van der Waals surface area contributed by atoms with E-state index in [2.05, 4.69) is 15.0 Å². The first-order valence-corrected chi connectivity index (χ1v) is 6.75. The third kappa shape index (κ3) is 2.65. The number of nitrogens with zero attached hydrogens (tertiary/aromatic N) is 3. The Morgan fingerprint density at radius 1 is 1.52 bits per heavy atom. The number of hydrogen-bond acceptors (Lipinski definition) is 9. The fourth-order valence-electron chi connectivity index (χ4n) is 2.43. The van der Waals surface area contributed by atoms with E-state index in [1.54, 1.807) is 0 Å². The summed E-state index contributed by atoms with van der Waals surface area (Å²) in [6.45, 7) is 1.00. The van der Waals surface area contributed by atoms with E-state index < -0.39 is 36.1 Å². The minimum atomic E-state index is -1.32. The van der Waals surface area contributed by atoms with Crippen LogP contribution >= 0.6 is 0 Å². The molecule has 0 aliphatic carbocycles. The Balaban J connectivity index is 1.93. The Hall–Kier alpha value is -2.50. The van der Waals surface area contributed by atoms with Crippen LogP contribution in [-0.2, 0) is 14.3 Å². The Morgan fingerprint density at radius 2 is 2.26 bits per heavy atom. The molecular formula is C12H15N5O6. The minimum Gasteiger partial charge on any atom is -0.463 e. The number of nitrogen functional groups attached to an aromatic ring is 1. The average Bonchev–Trinajstić information content (AvgIpc) is 3.00. The van der Waals surface area contributed by atoms with E-state index in [4.69, 9.17) is 15.2 Å². The maximum atomic E-state index is 11.8. The summed E-state index contributed by atoms with van der Waals surface area (Å²) >= 11 is 0. The molecule has 0 bridgehead atoms. The van der Waals surface area contributed by atoms with Gasteiger partial charge in [-0.1, -0.05) is 0 Å². The first kappa shape index (κ1) is 15.4. The highest BCUT2D eigenvalue weighted by Crippen LogP contribution is 2.31. The second-order valence-electron chi connectivity index (χ2n) is 5.12. The van der Waals surface area contributed by atoms with E-state index in [1.807, 2.05) is 0 Å². The van der Waals surface area contributed by atoms with Gasteiger partial charge in [0.15, 0.2) is 17.4 Å². The molecule has 1 fully saturated rings. The Bertz CT molecular complexity index is 801. The molecule has 5 N–H and O–H groups in total. The van der Waals surface area contributed by atoms with Crippen LogP contribution in [0.1, 0.15) is 13.2 Å². The van der Waals surface area contributed by atoms with Crippen LogP contribution in [0.25, 0.3) is 11.2 Å². The van der Waals surface area contributed by atoms with Gasteiger partial charge in [0.05, 0.1) is 6.33 Å². The quantitative estimate of drug-likeness (QED) is 0.462. The molecule has 1 aliphatic heterocycles. The molecule has 2 aromatic heterocycles. The van der Waals surface area contributed by atoms with Gasteiger partial charge in [-0.3, -0.25) is 19.1 Å². The zero-order valence-corrected chi connectivity index (χ0v) is 12.0. The van der Waals surface area contributed by atoms with Gasteiger partial charge >= 0.3 is 5.97 Å². The standard InChI is InChI=1S/C12H15N5O6/c1-4(18)22-2-5-7(19)8(20)11(23-5)17-3-14-6-9(17)15-12(13)16-10(6)21/h3,5,7-8,11,19-20H,2H2,1H3,(H3,13,15,16,21)/t5-,7+,8+,11-/m1/s1. The molecule has 0 aromatic carbocycles. The smallest absolute Gasteiger partial charge is 0.302 e. The minimum absolute atomic E-state index is 0.0212. The van der Waals surface area contributed by atoms with Crippen LogP contribution in [0.4, 0.5) is 5.95 Å². The van der Waals surface area contributed by atoms with Crippen LogP contribution in [0.2, 0.25) is 0 Å². The monoisotopic (exact) mass is 325 g/mol. The summed E-state index contributed by atoms with van der Waals surface area (Å²) in [6.07, 6.45) is -3.33. The van der Waals surface area contributed by atoms with Crippen LogP contribution < -0.4 is 11.3 Å². The Morgan fingerprint density at radius 3 is 2.96 bits per heavy atom. The first-order chi connectivity index (χ1) is 10.9. The molecule has 1 aliphatic rings. The fourth-order valence-corrected chi connectivity index (χ4v) is 2.43. The lowest BCUT2D eigenvalue weighted by Crippen LogP contribution is -2.34. The number of hydrogen-bond donors (Lipinski definition) is 4. The summed E-state index contributed by atoms with van der Waals surface area (Å²) in [7, 11) is 0. The number of nitrogens with one attached hydrogen (secondary N) is 1. The van der Waals surface area contributed by atoms with Gasteiger partial charge in [0.25, 0.3) is 5.56 Å². The number of anilines is 1. The Kier molecular flexibility index (Phi) is 3.75. The molecule has 23 heavy (non-hydrogen) atoms. The lowest BCUT2D eigenvalue weighted by molar-refractivity contribution is -0.147. The van der Waals surface area contributed by atoms with Gasteiger partial charge < -0.3 is 25.4 Å². The molecule has 1 saturated heterocycles. The highest BCUT2D eigenvalue weighted by Gasteiger charge is 2.44. The van der Waals surface area contributed by atoms with Crippen LogP contribution in [0.5, 0.6) is 0 Å². The van der Waals surface area contributed by atoms with E-state index in [1.165, 1.54) is 17.8 Å². The van der Waals surface area contributed by atoms with Crippen LogP contribution in [0.15, 0.2) is 11.1 Å². The number of aromatic amines is 1. The van der Waals surface area contributed by atoms with Crippen molar-refractivity contribution in [2.45, 2.75) is 31.5 Å². The average molecular weight is 325 g/mol. The summed E-state index contributed by atoms with van der Waals surface area (Å²) in [6, 6.07) is 0. The zero-order valence-electron chi connectivity index (χ0n) is 12.0. The van der Waals surface area contributed by atoms with Gasteiger partial charge in [0, 0.05) is 6.92 Å². The molecule has 0 amide bonds. The number of esters is 1. The summed E-state index contributed by atoms with van der Waals surface area (Å²) in [5.74, 6) is -0.651. The van der Waals surface area contributed by atoms with Crippen molar-refractivity contribution in [1.82, 2.24) is 19.5 Å². The molecule has 0 spiro atoms. The molecular weight excluding hydrogens is 310 g/mol. The SMILES string of the molecule is CC(=O)OC[C@H]1O[C@@H](n2cnc3c(=O)[nH]c(N)nc32)[C@@H](O)[C@H]1O. The lowest BCUT2D eigenvalue weighted by atomic mass is 10.1. The highest BCUT2D eigenvalue weighted by atomic mass is 16.6. The van der Waals surface area contributed by atoms with E-state index in [0.29, 0.717) is 0 Å². The second kappa shape index (κ2) is 5.61. The molecule has 124 valence electrons. The van der Waals surface area contributed by atoms with Crippen molar-refractivity contribution in [3.05, 3.63) is 16.7 Å². The van der Waals surface area contributed by atoms with Gasteiger partial charge in [0.2, 0.25) is 5.95 Å². The van der Waals surface area contributed by atoms with E-state index in [-0.39, 0.29) is 23.7 Å². The fraction of sp³-hybridized carbons (Fsp3) is 0.500. The molecule has 11 nitrogen and oxygen atoms in total. The largest absolute Gasteiger partial charge is 0.463 e. The number of imidazole rings is 1. The van der Waals surface area contributed by atoms with E-state index >= 15 is 0 Å². The molecule has 4 atom stereocenters. The van der Waals surface area contributed by atoms with Crippen LogP contribution in [0, 0.1) is 0 Å². The van der Waals surface area contributed by atoms with Crippen molar-refractivity contribution >= 4 is 23.1 Å². The summed E-state index contributed by atoms with van der Waals surface area (Å²) in [5.41, 5.74) is 5.10. The maximum Gasteiger partial charge on any atom is 0.302 e. The molecule has 11 heteroatoms. The molecule has 0 unspecified atom stereocenters. The first-order valence-electron chi connectivity index (χ1n) is 6.75. The number of ether oxygens (including phenoxy) is 2. The molecule has 3 heterocycles. The van der Waals surface area contributed by atoms with Crippen molar-refractivity contribution in [3.8, 4) is 0 Å². The van der Waals surface area contributed by atoms with Crippen LogP contribution in [0.3, 0.4) is 0 Å². The third-order valence-electron chi connectivity index (χ3n) is 3.51. The van der Waals surface area contributed by atoms with Gasteiger partial charge in [-0.2, -0.15) is 4.98 Å². The predicted molar refractivity (Wildman–Crippen MR) is 75.1 cm³/mol. The number of aliphatic hydroxyl groups excluding tert-OH is 2. The molecule has 3 rings (SSSR count). The normalized spacial score (nSPS) is 27.4. The number of carbonyl (C=O) groups excluding carboxylic acids is 1. The van der Waals surface area contributed by atoms with Gasteiger partial charge in [0.1, 0.15) is 24.9 Å². The number of rotatable bonds is 3. The molecule has 0 saturated carbocycles. The zero-order chi connectivity index (χ0) is 16.7. The number of nitrogens with two attached hydrogens (primary N) is 1. The van der Waals surface area contributed by atoms with E-state index in [9.17, 15) is 19.8 Å². The van der Waals surface area contributed by atoms with Crippen LogP contribution in [-0.4, -0.2) is 60.6 Å². The summed E-state index contributed by atoms with van der Waals surface area (Å²) < 4.78 is 11.6. The number of fused-ring (bicyclic) bond motifs is 1. The van der Waals surface area contributed by atoms with Crippen molar-refractivity contribution < 1.29 is 24.5 Å². The van der Waals surface area contributed by atoms with Gasteiger partial charge in [-0.15, -0.1) is 0 Å². The van der Waals surface area contributed by atoms with Gasteiger partial charge in [-0.25, -0.2) is 4.98 Å². The van der Waals surface area contributed by atoms with Crippen molar-refractivity contribution in [2.24, 2.45) is 0 Å². The van der Waals surface area contributed by atoms with Crippen molar-refractivity contribution in [2.75, 3.05) is 12.3 Å². The second-order valence-corrected chi connectivity index (χ2v) is 5.12. The summed E-state index contributed by atoms with van der Waals surface area (Å²) in [5, 5.41) is 20.2. The third-order valence-corrected chi connectivity index (χ3v) is 3.51. The Labute approximate surface area is 128 Å². The highest BCUT2D eigenvalue weighted by molar-refractivity contribution is 5.70. The number of aromatic nitrogens is 4. The molecule has 0 radical (unpaired) electrons. The van der Waals surface area contributed by atoms with Gasteiger partial charge in [-0.05, 0) is 0 Å². The number of aliphatic hydroxyl groups is 2. The van der Waals surface area contributed by atoms with E-state index in [0.717, 1.165) is 0 Å². The topological polar surface area (TPSA) is 166 Å². The maximum absolute atomic E-state index is 11.8. The summed E-state index contributed by atoms with van der Waals surface area (Å²) in [4.78, 5) is 32.8. The predicted octanol–water partition coefficient (Wildman–Crippen LogP) is -2.12. The number of H-pyrrole nitrogens is 1. The number of carbonyl (C=O) groups is 1. The lowest BCUT2D eigenvalue weighted by Gasteiger charge is -2.16. The van der Waals surface area contributed by atoms with Crippen molar-refractivity contribution in [3.63, 3.8) is 0 Å². The molecule has 2 aromatic rings. The van der Waals surface area contributed by atoms with Crippen molar-refractivity contribution in [1.29, 1.82) is 0 Å².